The first-order valence-electron chi connectivity index (χ1n) is 8.07. The van der Waals surface area contributed by atoms with E-state index in [-0.39, 0.29) is 12.3 Å². The number of carboxylic acids is 1. The molecule has 0 aliphatic carbocycles. The lowest BCUT2D eigenvalue weighted by Crippen LogP contribution is -2.30. The maximum Gasteiger partial charge on any atom is 0.309 e. The molecule has 1 aromatic carbocycles. The van der Waals surface area contributed by atoms with E-state index in [0.29, 0.717) is 13.2 Å². The van der Waals surface area contributed by atoms with Crippen molar-refractivity contribution < 1.29 is 19.4 Å². The van der Waals surface area contributed by atoms with Crippen LogP contribution < -0.4 is 0 Å². The van der Waals surface area contributed by atoms with Crippen molar-refractivity contribution in [1.82, 2.24) is 14.7 Å². The van der Waals surface area contributed by atoms with Crippen LogP contribution in [0.2, 0.25) is 0 Å². The minimum Gasteiger partial charge on any atom is -0.481 e. The minimum absolute atomic E-state index is 0.00660. The fraction of sp³-hybridized carbons (Fsp3) is 0.389. The van der Waals surface area contributed by atoms with Gasteiger partial charge in [-0.25, -0.2) is 0 Å². The van der Waals surface area contributed by atoms with Gasteiger partial charge in [-0.1, -0.05) is 24.3 Å². The summed E-state index contributed by atoms with van der Waals surface area (Å²) in [7, 11) is 3.40. The standard InChI is InChI=1S/C18H21N3O4/c1-20-10-14(8-19-20)17-15(18(23)24)7-16(22)21(17)9-12-4-3-5-13(6-12)11-25-2/h3-6,8,10,15,17H,7,9,11H2,1-2H3,(H,23,24)/t15-,17-/m0/s1. The van der Waals surface area contributed by atoms with Gasteiger partial charge in [0.2, 0.25) is 5.91 Å². The zero-order chi connectivity index (χ0) is 18.0. The molecule has 2 heterocycles. The molecule has 25 heavy (non-hydrogen) atoms. The molecule has 1 aliphatic rings. The molecule has 3 rings (SSSR count). The van der Waals surface area contributed by atoms with Crippen molar-refractivity contribution in [2.75, 3.05) is 7.11 Å². The molecule has 1 fully saturated rings. The molecule has 132 valence electrons. The molecule has 0 spiro atoms. The second-order valence-corrected chi connectivity index (χ2v) is 6.32. The summed E-state index contributed by atoms with van der Waals surface area (Å²) in [4.78, 5) is 25.8. The number of methoxy groups -OCH3 is 1. The second kappa shape index (κ2) is 7.06. The average molecular weight is 343 g/mol. The van der Waals surface area contributed by atoms with Gasteiger partial charge in [0.1, 0.15) is 0 Å². The summed E-state index contributed by atoms with van der Waals surface area (Å²) in [5, 5.41) is 13.7. The summed E-state index contributed by atoms with van der Waals surface area (Å²) in [6, 6.07) is 7.27. The van der Waals surface area contributed by atoms with Gasteiger partial charge in [-0.2, -0.15) is 5.10 Å². The number of amides is 1. The third-order valence-electron chi connectivity index (χ3n) is 4.47. The van der Waals surface area contributed by atoms with Crippen LogP contribution in [0.15, 0.2) is 36.7 Å². The quantitative estimate of drug-likeness (QED) is 0.864. The molecule has 2 atom stereocenters. The Balaban J connectivity index is 1.90. The van der Waals surface area contributed by atoms with Gasteiger partial charge in [0.25, 0.3) is 0 Å². The number of aryl methyl sites for hydroxylation is 1. The molecule has 1 aliphatic heterocycles. The lowest BCUT2D eigenvalue weighted by Gasteiger charge is -2.26. The number of rotatable bonds is 6. The van der Waals surface area contributed by atoms with Crippen molar-refractivity contribution in [2.24, 2.45) is 13.0 Å². The number of ether oxygens (including phenoxy) is 1. The molecule has 1 amide bonds. The number of aliphatic carboxylic acids is 1. The van der Waals surface area contributed by atoms with Crippen molar-refractivity contribution >= 4 is 11.9 Å². The van der Waals surface area contributed by atoms with E-state index in [0.717, 1.165) is 16.7 Å². The van der Waals surface area contributed by atoms with Crippen LogP contribution in [0.4, 0.5) is 0 Å². The van der Waals surface area contributed by atoms with E-state index < -0.39 is 17.9 Å². The number of carbonyl (C=O) groups is 2. The van der Waals surface area contributed by atoms with Gasteiger partial charge in [-0.05, 0) is 11.1 Å². The Hall–Kier alpha value is -2.67. The highest BCUT2D eigenvalue weighted by Crippen LogP contribution is 2.39. The predicted octanol–water partition coefficient (Wildman–Crippen LogP) is 1.74. The summed E-state index contributed by atoms with van der Waals surface area (Å²) < 4.78 is 6.77. The molecule has 0 radical (unpaired) electrons. The fourth-order valence-electron chi connectivity index (χ4n) is 3.38. The summed E-state index contributed by atoms with van der Waals surface area (Å²) in [5.74, 6) is -1.88. The smallest absolute Gasteiger partial charge is 0.309 e. The van der Waals surface area contributed by atoms with Crippen LogP contribution in [0.25, 0.3) is 0 Å². The number of nitrogens with zero attached hydrogens (tertiary/aromatic N) is 3. The number of likely N-dealkylation sites (tertiary alicyclic amines) is 1. The first-order chi connectivity index (χ1) is 12.0. The van der Waals surface area contributed by atoms with Gasteiger partial charge in [-0.3, -0.25) is 14.3 Å². The third kappa shape index (κ3) is 3.56. The van der Waals surface area contributed by atoms with Gasteiger partial charge in [0.05, 0.1) is 24.8 Å². The first kappa shape index (κ1) is 17.2. The van der Waals surface area contributed by atoms with Crippen LogP contribution >= 0.6 is 0 Å². The number of carboxylic acid groups (broad SMARTS) is 1. The number of hydrogen-bond donors (Lipinski definition) is 1. The third-order valence-corrected chi connectivity index (χ3v) is 4.47. The van der Waals surface area contributed by atoms with Gasteiger partial charge in [0.15, 0.2) is 0 Å². The molecular weight excluding hydrogens is 322 g/mol. The SMILES string of the molecule is COCc1cccc(CN2C(=O)C[C@H](C(=O)O)[C@@H]2c2cnn(C)c2)c1. The Kier molecular flexibility index (Phi) is 4.85. The van der Waals surface area contributed by atoms with Gasteiger partial charge >= 0.3 is 5.97 Å². The second-order valence-electron chi connectivity index (χ2n) is 6.32. The zero-order valence-corrected chi connectivity index (χ0v) is 14.3. The normalized spacial score (nSPS) is 20.2. The summed E-state index contributed by atoms with van der Waals surface area (Å²) in [6.45, 7) is 0.852. The highest BCUT2D eigenvalue weighted by molar-refractivity contribution is 5.87. The van der Waals surface area contributed by atoms with E-state index in [1.54, 1.807) is 36.1 Å². The Labute approximate surface area is 145 Å². The Morgan fingerprint density at radius 1 is 1.40 bits per heavy atom. The zero-order valence-electron chi connectivity index (χ0n) is 14.3. The molecule has 7 nitrogen and oxygen atoms in total. The van der Waals surface area contributed by atoms with Crippen molar-refractivity contribution in [1.29, 1.82) is 0 Å². The van der Waals surface area contributed by atoms with E-state index in [1.165, 1.54) is 0 Å². The van der Waals surface area contributed by atoms with E-state index in [1.807, 2.05) is 24.3 Å². The van der Waals surface area contributed by atoms with E-state index in [4.69, 9.17) is 4.74 Å². The highest BCUT2D eigenvalue weighted by atomic mass is 16.5. The first-order valence-corrected chi connectivity index (χ1v) is 8.07. The number of aromatic nitrogens is 2. The molecule has 2 aromatic rings. The van der Waals surface area contributed by atoms with Crippen molar-refractivity contribution in [3.63, 3.8) is 0 Å². The van der Waals surface area contributed by atoms with Gasteiger partial charge in [-0.15, -0.1) is 0 Å². The molecule has 1 saturated heterocycles. The monoisotopic (exact) mass is 343 g/mol. The maximum absolute atomic E-state index is 12.5. The number of carbonyl (C=O) groups excluding carboxylic acids is 1. The lowest BCUT2D eigenvalue weighted by molar-refractivity contribution is -0.142. The predicted molar refractivity (Wildman–Crippen MR) is 89.4 cm³/mol. The van der Waals surface area contributed by atoms with Crippen LogP contribution in [-0.4, -0.2) is 38.8 Å². The summed E-state index contributed by atoms with van der Waals surface area (Å²) in [5.41, 5.74) is 2.70. The Bertz CT molecular complexity index is 786. The fourth-order valence-corrected chi connectivity index (χ4v) is 3.38. The van der Waals surface area contributed by atoms with Crippen LogP contribution in [0.5, 0.6) is 0 Å². The molecular formula is C18H21N3O4. The lowest BCUT2D eigenvalue weighted by atomic mass is 9.95. The highest BCUT2D eigenvalue weighted by Gasteiger charge is 2.45. The van der Waals surface area contributed by atoms with Crippen molar-refractivity contribution in [3.8, 4) is 0 Å². The Morgan fingerprint density at radius 3 is 2.80 bits per heavy atom. The minimum atomic E-state index is -0.960. The molecule has 0 unspecified atom stereocenters. The summed E-state index contributed by atoms with van der Waals surface area (Å²) in [6.07, 6.45) is 3.41. The Morgan fingerprint density at radius 2 is 2.16 bits per heavy atom. The molecule has 1 aromatic heterocycles. The molecule has 7 heteroatoms. The van der Waals surface area contributed by atoms with Gasteiger partial charge < -0.3 is 14.7 Å². The van der Waals surface area contributed by atoms with Crippen LogP contribution in [0.3, 0.4) is 0 Å². The van der Waals surface area contributed by atoms with Crippen LogP contribution in [0, 0.1) is 5.92 Å². The van der Waals surface area contributed by atoms with Crippen LogP contribution in [0.1, 0.15) is 29.2 Å². The average Bonchev–Trinajstić information content (AvgIpc) is 3.12. The molecule has 0 saturated carbocycles. The topological polar surface area (TPSA) is 84.7 Å². The number of hydrogen-bond acceptors (Lipinski definition) is 4. The van der Waals surface area contributed by atoms with E-state index in [2.05, 4.69) is 5.10 Å². The largest absolute Gasteiger partial charge is 0.481 e. The number of benzene rings is 1. The molecule has 0 bridgehead atoms. The van der Waals surface area contributed by atoms with Crippen molar-refractivity contribution in [3.05, 3.63) is 53.3 Å². The van der Waals surface area contributed by atoms with Gasteiger partial charge in [0, 0.05) is 38.9 Å². The summed E-state index contributed by atoms with van der Waals surface area (Å²) >= 11 is 0. The van der Waals surface area contributed by atoms with Crippen LogP contribution in [-0.2, 0) is 34.5 Å². The van der Waals surface area contributed by atoms with E-state index >= 15 is 0 Å². The maximum atomic E-state index is 12.5. The van der Waals surface area contributed by atoms with Crippen molar-refractivity contribution in [2.45, 2.75) is 25.6 Å². The van der Waals surface area contributed by atoms with E-state index in [9.17, 15) is 14.7 Å². The molecule has 1 N–H and O–H groups in total.